The Morgan fingerprint density at radius 2 is 2.20 bits per heavy atom. The number of amides is 1. The molecule has 0 saturated heterocycles. The molecule has 1 unspecified atom stereocenters. The first-order valence-corrected chi connectivity index (χ1v) is 11.3. The minimum absolute atomic E-state index is 0.0979. The number of hydrogen-bond donors (Lipinski definition) is 1. The molecule has 1 aliphatic rings. The Balaban J connectivity index is 1.48. The van der Waals surface area contributed by atoms with Crippen LogP contribution in [0.25, 0.3) is 0 Å². The molecule has 0 spiro atoms. The molecule has 2 aromatic heterocycles. The van der Waals surface area contributed by atoms with Crippen molar-refractivity contribution in [3.63, 3.8) is 0 Å². The molecule has 0 bridgehead atoms. The van der Waals surface area contributed by atoms with E-state index in [1.807, 2.05) is 43.3 Å². The number of hydrogen-bond acceptors (Lipinski definition) is 8. The Bertz CT molecular complexity index is 1040. The summed E-state index contributed by atoms with van der Waals surface area (Å²) in [6, 6.07) is 11.6. The fourth-order valence-corrected chi connectivity index (χ4v) is 4.66. The summed E-state index contributed by atoms with van der Waals surface area (Å²) < 4.78 is 6.32. The number of rotatable bonds is 8. The number of benzene rings is 1. The van der Waals surface area contributed by atoms with Gasteiger partial charge in [0.15, 0.2) is 4.34 Å². The first kappa shape index (κ1) is 20.4. The van der Waals surface area contributed by atoms with Gasteiger partial charge in [-0.1, -0.05) is 59.0 Å². The van der Waals surface area contributed by atoms with Crippen LogP contribution in [0.15, 0.2) is 69.2 Å². The van der Waals surface area contributed by atoms with Gasteiger partial charge in [-0.15, -0.1) is 16.8 Å². The van der Waals surface area contributed by atoms with Gasteiger partial charge in [0.25, 0.3) is 5.91 Å². The third-order valence-electron chi connectivity index (χ3n) is 4.55. The first-order chi connectivity index (χ1) is 14.6. The molecule has 1 aromatic carbocycles. The van der Waals surface area contributed by atoms with Crippen molar-refractivity contribution in [2.24, 2.45) is 5.10 Å². The second-order valence-corrected chi connectivity index (χ2v) is 8.92. The van der Waals surface area contributed by atoms with Crippen molar-refractivity contribution < 1.29 is 9.21 Å². The number of nitrogens with zero attached hydrogens (tertiary/aromatic N) is 4. The Morgan fingerprint density at radius 1 is 1.37 bits per heavy atom. The lowest BCUT2D eigenvalue weighted by atomic mass is 10.0. The number of aromatic nitrogens is 2. The molecule has 154 valence electrons. The van der Waals surface area contributed by atoms with Gasteiger partial charge >= 0.3 is 0 Å². The molecule has 9 heteroatoms. The molecule has 4 rings (SSSR count). The van der Waals surface area contributed by atoms with E-state index in [1.165, 1.54) is 28.7 Å². The molecule has 0 saturated carbocycles. The molecule has 7 nitrogen and oxygen atoms in total. The van der Waals surface area contributed by atoms with Crippen LogP contribution in [0.3, 0.4) is 0 Å². The van der Waals surface area contributed by atoms with Crippen LogP contribution in [-0.2, 0) is 4.79 Å². The fraction of sp³-hybridized carbons (Fsp3) is 0.238. The zero-order chi connectivity index (χ0) is 20.9. The van der Waals surface area contributed by atoms with Crippen molar-refractivity contribution in [3.8, 4) is 0 Å². The fourth-order valence-electron chi connectivity index (χ4n) is 3.05. The van der Waals surface area contributed by atoms with Crippen LogP contribution in [0.2, 0.25) is 0 Å². The number of carbonyl (C=O) groups is 1. The maximum atomic E-state index is 13.0. The van der Waals surface area contributed by atoms with Crippen LogP contribution in [0.4, 0.5) is 5.13 Å². The van der Waals surface area contributed by atoms with E-state index < -0.39 is 0 Å². The number of hydrazone groups is 1. The highest BCUT2D eigenvalue weighted by Crippen LogP contribution is 2.34. The second kappa shape index (κ2) is 9.27. The number of nitrogens with one attached hydrogen (secondary N) is 1. The van der Waals surface area contributed by atoms with Gasteiger partial charge in [-0.2, -0.15) is 5.10 Å². The Morgan fingerprint density at radius 3 is 2.93 bits per heavy atom. The summed E-state index contributed by atoms with van der Waals surface area (Å²) in [5.41, 5.74) is 3.08. The highest BCUT2D eigenvalue weighted by molar-refractivity contribution is 8.01. The minimum Gasteiger partial charge on any atom is -0.467 e. The lowest BCUT2D eigenvalue weighted by molar-refractivity contribution is -0.130. The SMILES string of the molecule is C=CCNc1nnc(SCC(=O)N2N=C(c3ccc(C)cc3)CC2c2ccco2)s1. The standard InChI is InChI=1S/C21H21N5O2S2/c1-3-10-22-20-23-24-21(30-20)29-13-19(27)26-17(18-5-4-11-28-18)12-16(25-26)15-8-6-14(2)7-9-15/h3-9,11,17H,1,10,12-13H2,2H3,(H,22,23). The van der Waals surface area contributed by atoms with Crippen LogP contribution < -0.4 is 5.32 Å². The lowest BCUT2D eigenvalue weighted by Gasteiger charge is -2.19. The molecule has 1 atom stereocenters. The Kier molecular flexibility index (Phi) is 6.29. The molecular weight excluding hydrogens is 418 g/mol. The molecule has 3 aromatic rings. The predicted octanol–water partition coefficient (Wildman–Crippen LogP) is 4.51. The third-order valence-corrected chi connectivity index (χ3v) is 6.54. The second-order valence-electron chi connectivity index (χ2n) is 6.72. The van der Waals surface area contributed by atoms with E-state index in [9.17, 15) is 4.79 Å². The van der Waals surface area contributed by atoms with Crippen molar-refractivity contribution >= 4 is 39.8 Å². The average molecular weight is 440 g/mol. The van der Waals surface area contributed by atoms with Crippen LogP contribution in [0.1, 0.15) is 29.3 Å². The molecule has 30 heavy (non-hydrogen) atoms. The van der Waals surface area contributed by atoms with Gasteiger partial charge in [0.1, 0.15) is 11.8 Å². The molecule has 0 fully saturated rings. The van der Waals surface area contributed by atoms with Crippen LogP contribution in [-0.4, -0.2) is 39.1 Å². The maximum Gasteiger partial charge on any atom is 0.253 e. The van der Waals surface area contributed by atoms with E-state index in [0.717, 1.165) is 21.4 Å². The van der Waals surface area contributed by atoms with Crippen LogP contribution >= 0.6 is 23.1 Å². The monoisotopic (exact) mass is 439 g/mol. The highest BCUT2D eigenvalue weighted by Gasteiger charge is 2.34. The van der Waals surface area contributed by atoms with Gasteiger partial charge in [0.05, 0.1) is 17.7 Å². The molecule has 1 N–H and O–H groups in total. The van der Waals surface area contributed by atoms with Crippen molar-refractivity contribution in [1.82, 2.24) is 15.2 Å². The van der Waals surface area contributed by atoms with Gasteiger partial charge in [-0.25, -0.2) is 5.01 Å². The summed E-state index contributed by atoms with van der Waals surface area (Å²) in [4.78, 5) is 13.0. The summed E-state index contributed by atoms with van der Waals surface area (Å²) >= 11 is 2.77. The summed E-state index contributed by atoms with van der Waals surface area (Å²) in [6.45, 7) is 6.33. The smallest absolute Gasteiger partial charge is 0.253 e. The normalized spacial score (nSPS) is 15.8. The molecule has 1 amide bonds. The number of carbonyl (C=O) groups excluding carboxylic acids is 1. The predicted molar refractivity (Wildman–Crippen MR) is 120 cm³/mol. The van der Waals surface area contributed by atoms with Crippen molar-refractivity contribution in [1.29, 1.82) is 0 Å². The van der Waals surface area contributed by atoms with Crippen molar-refractivity contribution in [2.75, 3.05) is 17.6 Å². The van der Waals surface area contributed by atoms with E-state index >= 15 is 0 Å². The van der Waals surface area contributed by atoms with Gasteiger partial charge in [-0.3, -0.25) is 4.79 Å². The van der Waals surface area contributed by atoms with Crippen LogP contribution in [0.5, 0.6) is 0 Å². The number of furan rings is 1. The van der Waals surface area contributed by atoms with E-state index in [-0.39, 0.29) is 17.7 Å². The maximum absolute atomic E-state index is 13.0. The molecule has 3 heterocycles. The van der Waals surface area contributed by atoms with E-state index in [1.54, 1.807) is 17.3 Å². The molecular formula is C21H21N5O2S2. The summed E-state index contributed by atoms with van der Waals surface area (Å²) in [6.07, 6.45) is 3.99. The highest BCUT2D eigenvalue weighted by atomic mass is 32.2. The number of anilines is 1. The average Bonchev–Trinajstić information content (AvgIpc) is 3.51. The third kappa shape index (κ3) is 4.63. The number of aryl methyl sites for hydroxylation is 1. The van der Waals surface area contributed by atoms with Crippen molar-refractivity contribution in [3.05, 3.63) is 72.2 Å². The first-order valence-electron chi connectivity index (χ1n) is 9.45. The number of thioether (sulfide) groups is 1. The zero-order valence-electron chi connectivity index (χ0n) is 16.4. The van der Waals surface area contributed by atoms with E-state index in [0.29, 0.717) is 18.1 Å². The Hall–Kier alpha value is -2.91. The zero-order valence-corrected chi connectivity index (χ0v) is 18.1. The summed E-state index contributed by atoms with van der Waals surface area (Å²) in [5, 5.41) is 18.2. The summed E-state index contributed by atoms with van der Waals surface area (Å²) in [5.74, 6) is 0.850. The molecule has 0 aliphatic carbocycles. The largest absolute Gasteiger partial charge is 0.467 e. The van der Waals surface area contributed by atoms with E-state index in [4.69, 9.17) is 4.42 Å². The minimum atomic E-state index is -0.247. The van der Waals surface area contributed by atoms with E-state index in [2.05, 4.69) is 27.2 Å². The molecule has 1 aliphatic heterocycles. The Labute approximate surface area is 182 Å². The van der Waals surface area contributed by atoms with Gasteiger partial charge < -0.3 is 9.73 Å². The van der Waals surface area contributed by atoms with Gasteiger partial charge in [0, 0.05) is 13.0 Å². The van der Waals surface area contributed by atoms with Crippen molar-refractivity contribution in [2.45, 2.75) is 23.7 Å². The summed E-state index contributed by atoms with van der Waals surface area (Å²) in [7, 11) is 0. The van der Waals surface area contributed by atoms with Gasteiger partial charge in [0.2, 0.25) is 5.13 Å². The topological polar surface area (TPSA) is 83.6 Å². The lowest BCUT2D eigenvalue weighted by Crippen LogP contribution is -2.28. The van der Waals surface area contributed by atoms with Gasteiger partial charge in [-0.05, 0) is 24.6 Å². The molecule has 0 radical (unpaired) electrons. The quantitative estimate of drug-likeness (QED) is 0.411. The van der Waals surface area contributed by atoms with Crippen LogP contribution in [0, 0.1) is 6.92 Å².